The van der Waals surface area contributed by atoms with Crippen LogP contribution in [-0.4, -0.2) is 85.9 Å². The first-order valence-corrected chi connectivity index (χ1v) is 12.5. The topological polar surface area (TPSA) is 38.7 Å². The Kier molecular flexibility index (Phi) is 17.3. The molecule has 0 amide bonds. The number of pyridine rings is 2. The fourth-order valence-corrected chi connectivity index (χ4v) is 2.71. The van der Waals surface area contributed by atoms with Gasteiger partial charge in [-0.3, -0.25) is 9.97 Å². The van der Waals surface area contributed by atoms with Crippen LogP contribution in [0.5, 0.6) is 0 Å². The summed E-state index contributed by atoms with van der Waals surface area (Å²) in [7, 11) is 25.8. The van der Waals surface area contributed by atoms with Crippen molar-refractivity contribution in [3.05, 3.63) is 59.2 Å². The summed E-state index contributed by atoms with van der Waals surface area (Å²) in [5.74, 6) is 0. The second kappa shape index (κ2) is 17.8. The molecule has 0 atom stereocenters. The Morgan fingerprint density at radius 3 is 0.903 bits per heavy atom. The molecular weight excluding hydrogens is 483 g/mol. The van der Waals surface area contributed by atoms with Gasteiger partial charge < -0.3 is 19.6 Å². The minimum absolute atomic E-state index is 0.757. The summed E-state index contributed by atoms with van der Waals surface area (Å²) in [6, 6.07) is 12.4. The molecule has 2 aromatic heterocycles. The molecule has 0 aliphatic heterocycles. The summed E-state index contributed by atoms with van der Waals surface area (Å²) < 4.78 is 0. The van der Waals surface area contributed by atoms with Gasteiger partial charge in [0.05, 0.1) is 22.8 Å². The molecule has 2 heterocycles. The Balaban J connectivity index is 0.000000516. The van der Waals surface area contributed by atoms with Gasteiger partial charge in [0.15, 0.2) is 0 Å². The summed E-state index contributed by atoms with van der Waals surface area (Å²) in [5, 5.41) is 0. The van der Waals surface area contributed by atoms with E-state index in [0.717, 1.165) is 62.1 Å². The van der Waals surface area contributed by atoms with Crippen molar-refractivity contribution in [2.75, 3.05) is 56.4 Å². The monoisotopic (exact) mass is 519 g/mol. The van der Waals surface area contributed by atoms with Crippen LogP contribution in [0.1, 0.15) is 22.8 Å². The van der Waals surface area contributed by atoms with Crippen molar-refractivity contribution in [2.45, 2.75) is 26.2 Å². The van der Waals surface area contributed by atoms with E-state index >= 15 is 0 Å². The molecule has 0 aliphatic carbocycles. The molecule has 0 N–H and O–H groups in total. The third-order valence-electron chi connectivity index (χ3n) is 3.64. The van der Waals surface area contributed by atoms with Gasteiger partial charge in [0.1, 0.15) is 0 Å². The molecule has 0 radical (unpaired) electrons. The molecule has 9 heteroatoms. The second-order valence-electron chi connectivity index (χ2n) is 8.23. The zero-order chi connectivity index (χ0) is 23.8. The molecule has 2 aromatic rings. The van der Waals surface area contributed by atoms with Crippen LogP contribution < -0.4 is 0 Å². The molecule has 181 valence electrons. The number of halogens is 2. The van der Waals surface area contributed by atoms with E-state index in [9.17, 15) is 0 Å². The van der Waals surface area contributed by atoms with Crippen LogP contribution in [0, 0.1) is 0 Å². The normalized spacial score (nSPS) is 10.9. The first-order valence-electron chi connectivity index (χ1n) is 9.87. The summed E-state index contributed by atoms with van der Waals surface area (Å²) >= 11 is 0.757. The van der Waals surface area contributed by atoms with Gasteiger partial charge in [-0.25, -0.2) is 0 Å². The fraction of sp³-hybridized carbons (Fsp3) is 0.545. The molecule has 6 nitrogen and oxygen atoms in total. The van der Waals surface area contributed by atoms with E-state index in [-0.39, 0.29) is 0 Å². The van der Waals surface area contributed by atoms with Gasteiger partial charge in [-0.2, -0.15) is 0 Å². The van der Waals surface area contributed by atoms with Crippen molar-refractivity contribution < 1.29 is 13.1 Å². The average molecular weight is 521 g/mol. The van der Waals surface area contributed by atoms with E-state index in [0.29, 0.717) is 0 Å². The standard InChI is InChI=1S/2C11H19N3.2ClH.Cu/c2*1-13(2)8-10-6-5-7-11(12-10)9-14(3)4;;;/h2*5-7H,8-9H2,1-4H3;2*1H;/q;;;;+2/p-2. The molecule has 0 aromatic carbocycles. The fourth-order valence-electron chi connectivity index (χ4n) is 2.71. The van der Waals surface area contributed by atoms with Crippen molar-refractivity contribution in [1.82, 2.24) is 29.6 Å². The summed E-state index contributed by atoms with van der Waals surface area (Å²) in [4.78, 5) is 17.6. The van der Waals surface area contributed by atoms with E-state index in [1.807, 2.05) is 0 Å². The molecular formula is C22H38Cl2CuN6. The van der Waals surface area contributed by atoms with Crippen LogP contribution in [0.15, 0.2) is 36.4 Å². The van der Waals surface area contributed by atoms with Crippen molar-refractivity contribution in [2.24, 2.45) is 0 Å². The Hall–Kier alpha value is -0.761. The van der Waals surface area contributed by atoms with Crippen LogP contribution in [-0.2, 0) is 39.3 Å². The predicted molar refractivity (Wildman–Crippen MR) is 130 cm³/mol. The van der Waals surface area contributed by atoms with Gasteiger partial charge in [0, 0.05) is 26.2 Å². The number of nitrogens with zero attached hydrogens (tertiary/aromatic N) is 6. The minimum atomic E-state index is 0.757. The van der Waals surface area contributed by atoms with Crippen molar-refractivity contribution in [1.29, 1.82) is 0 Å². The van der Waals surface area contributed by atoms with Crippen molar-refractivity contribution in [3.8, 4) is 0 Å². The third kappa shape index (κ3) is 17.5. The first kappa shape index (κ1) is 30.2. The van der Waals surface area contributed by atoms with Gasteiger partial charge in [-0.15, -0.1) is 0 Å². The maximum atomic E-state index is 4.67. The van der Waals surface area contributed by atoms with Crippen LogP contribution in [0.25, 0.3) is 0 Å². The summed E-state index contributed by atoms with van der Waals surface area (Å²) in [6.07, 6.45) is 0. The molecule has 0 fully saturated rings. The van der Waals surface area contributed by atoms with E-state index in [1.54, 1.807) is 0 Å². The number of hydrogen-bond acceptors (Lipinski definition) is 6. The van der Waals surface area contributed by atoms with Crippen molar-refractivity contribution >= 4 is 20.2 Å². The van der Waals surface area contributed by atoms with Gasteiger partial charge in [-0.1, -0.05) is 12.1 Å². The van der Waals surface area contributed by atoms with Crippen molar-refractivity contribution in [3.63, 3.8) is 0 Å². The summed E-state index contributed by atoms with van der Waals surface area (Å²) in [6.45, 7) is 3.62. The second-order valence-corrected chi connectivity index (χ2v) is 9.79. The number of hydrogen-bond donors (Lipinski definition) is 0. The quantitative estimate of drug-likeness (QED) is 0.493. The Labute approximate surface area is 204 Å². The van der Waals surface area contributed by atoms with E-state index in [4.69, 9.17) is 0 Å². The Morgan fingerprint density at radius 1 is 0.548 bits per heavy atom. The molecule has 0 aliphatic rings. The number of rotatable bonds is 8. The number of aromatic nitrogens is 2. The molecule has 2 rings (SSSR count). The zero-order valence-electron chi connectivity index (χ0n) is 20.0. The van der Waals surface area contributed by atoms with E-state index in [1.165, 1.54) is 0 Å². The predicted octanol–water partition coefficient (Wildman–Crippen LogP) is 3.79. The van der Waals surface area contributed by atoms with Crippen LogP contribution in [0.4, 0.5) is 0 Å². The van der Waals surface area contributed by atoms with E-state index < -0.39 is 0 Å². The van der Waals surface area contributed by atoms with Crippen LogP contribution in [0.3, 0.4) is 0 Å². The third-order valence-corrected chi connectivity index (χ3v) is 3.64. The zero-order valence-corrected chi connectivity index (χ0v) is 22.5. The summed E-state index contributed by atoms with van der Waals surface area (Å²) in [5.41, 5.74) is 4.53. The SMILES string of the molecule is CN(C)Cc1cccc(CN(C)C)n1.CN(C)Cc1cccc(CN(C)C)n1.[Cl][Cu][Cl]. The van der Waals surface area contributed by atoms with Gasteiger partial charge in [-0.05, 0) is 80.6 Å². The average Bonchev–Trinajstić information content (AvgIpc) is 2.61. The molecule has 0 spiro atoms. The van der Waals surface area contributed by atoms with E-state index in [2.05, 4.69) is 143 Å². The molecule has 0 bridgehead atoms. The van der Waals surface area contributed by atoms with Gasteiger partial charge in [0.2, 0.25) is 0 Å². The molecule has 0 saturated heterocycles. The Bertz CT molecular complexity index is 604. The Morgan fingerprint density at radius 2 is 0.742 bits per heavy atom. The molecule has 0 unspecified atom stereocenters. The first-order chi connectivity index (χ1) is 14.6. The maximum absolute atomic E-state index is 4.67. The molecule has 0 saturated carbocycles. The molecule has 31 heavy (non-hydrogen) atoms. The van der Waals surface area contributed by atoms with Crippen LogP contribution >= 0.6 is 20.2 Å². The van der Waals surface area contributed by atoms with Gasteiger partial charge in [0.25, 0.3) is 0 Å². The van der Waals surface area contributed by atoms with Gasteiger partial charge >= 0.3 is 33.3 Å². The van der Waals surface area contributed by atoms with Crippen LogP contribution in [0.2, 0.25) is 0 Å².